The molecular weight excluding hydrogens is 446 g/mol. The zero-order chi connectivity index (χ0) is 25.1. The second-order valence-electron chi connectivity index (χ2n) is 9.88. The van der Waals surface area contributed by atoms with Gasteiger partial charge in [-0.25, -0.2) is 0 Å². The summed E-state index contributed by atoms with van der Waals surface area (Å²) in [5.74, 6) is -0.114. The fraction of sp³-hybridized carbons (Fsp3) is 0.355. The largest absolute Gasteiger partial charge is 0.367 e. The molecule has 1 unspecified atom stereocenters. The van der Waals surface area contributed by atoms with Crippen LogP contribution < -0.4 is 10.2 Å². The Bertz CT molecular complexity index is 1230. The van der Waals surface area contributed by atoms with Crippen molar-refractivity contribution in [2.45, 2.75) is 45.1 Å². The first-order valence-electron chi connectivity index (χ1n) is 13.2. The molecule has 1 fully saturated rings. The van der Waals surface area contributed by atoms with Gasteiger partial charge < -0.3 is 15.1 Å². The maximum Gasteiger partial charge on any atom is 0.251 e. The van der Waals surface area contributed by atoms with Crippen LogP contribution in [0.15, 0.2) is 72.8 Å². The van der Waals surface area contributed by atoms with E-state index in [-0.39, 0.29) is 23.8 Å². The third-order valence-corrected chi connectivity index (χ3v) is 7.36. The molecule has 5 heteroatoms. The molecule has 3 aromatic carbocycles. The van der Waals surface area contributed by atoms with E-state index in [2.05, 4.69) is 65.4 Å². The molecule has 186 valence electrons. The van der Waals surface area contributed by atoms with Crippen LogP contribution in [0.1, 0.15) is 60.5 Å². The van der Waals surface area contributed by atoms with Gasteiger partial charge in [0.15, 0.2) is 0 Å². The van der Waals surface area contributed by atoms with Gasteiger partial charge >= 0.3 is 0 Å². The quantitative estimate of drug-likeness (QED) is 0.442. The number of fused-ring (bicyclic) bond motifs is 3. The number of hydrogen-bond acceptors (Lipinski definition) is 3. The number of carbonyl (C=O) groups is 2. The van der Waals surface area contributed by atoms with E-state index in [9.17, 15) is 9.59 Å². The van der Waals surface area contributed by atoms with Crippen LogP contribution in [0.4, 0.5) is 5.69 Å². The summed E-state index contributed by atoms with van der Waals surface area (Å²) in [5.41, 5.74) is 6.34. The summed E-state index contributed by atoms with van der Waals surface area (Å²) in [5, 5.41) is 3.15. The van der Waals surface area contributed by atoms with E-state index in [4.69, 9.17) is 0 Å². The minimum absolute atomic E-state index is 0.0369. The smallest absolute Gasteiger partial charge is 0.251 e. The second kappa shape index (κ2) is 10.6. The molecule has 1 saturated heterocycles. The van der Waals surface area contributed by atoms with Crippen molar-refractivity contribution < 1.29 is 9.59 Å². The lowest BCUT2D eigenvalue weighted by Crippen LogP contribution is -2.59. The van der Waals surface area contributed by atoms with Crippen LogP contribution in [0.2, 0.25) is 0 Å². The van der Waals surface area contributed by atoms with Gasteiger partial charge in [-0.1, -0.05) is 74.9 Å². The lowest BCUT2D eigenvalue weighted by molar-refractivity contribution is -0.131. The molecule has 0 saturated carbocycles. The lowest BCUT2D eigenvalue weighted by Gasteiger charge is -2.42. The van der Waals surface area contributed by atoms with Crippen LogP contribution in [0.25, 0.3) is 11.1 Å². The molecule has 36 heavy (non-hydrogen) atoms. The van der Waals surface area contributed by atoms with Gasteiger partial charge in [-0.15, -0.1) is 0 Å². The first-order valence-corrected chi connectivity index (χ1v) is 13.2. The molecule has 1 aliphatic heterocycles. The van der Waals surface area contributed by atoms with Gasteiger partial charge in [0.25, 0.3) is 5.91 Å². The van der Waals surface area contributed by atoms with Gasteiger partial charge in [-0.2, -0.15) is 0 Å². The highest BCUT2D eigenvalue weighted by molar-refractivity contribution is 5.99. The third kappa shape index (κ3) is 4.50. The first kappa shape index (κ1) is 24.1. The van der Waals surface area contributed by atoms with E-state index < -0.39 is 0 Å². The van der Waals surface area contributed by atoms with Crippen LogP contribution in [0, 0.1) is 0 Å². The van der Waals surface area contributed by atoms with Gasteiger partial charge in [-0.3, -0.25) is 9.59 Å². The highest BCUT2D eigenvalue weighted by Crippen LogP contribution is 2.50. The summed E-state index contributed by atoms with van der Waals surface area (Å²) in [6.07, 6.45) is 3.04. The topological polar surface area (TPSA) is 52.7 Å². The number of amides is 2. The van der Waals surface area contributed by atoms with Crippen molar-refractivity contribution in [2.24, 2.45) is 0 Å². The average Bonchev–Trinajstić information content (AvgIpc) is 3.23. The fourth-order valence-corrected chi connectivity index (χ4v) is 5.53. The molecular formula is C31H35N3O2. The summed E-state index contributed by atoms with van der Waals surface area (Å²) in [6.45, 7) is 7.37. The zero-order valence-electron chi connectivity index (χ0n) is 21.2. The molecule has 5 rings (SSSR count). The third-order valence-electron chi connectivity index (χ3n) is 7.36. The van der Waals surface area contributed by atoms with Crippen LogP contribution in [0.3, 0.4) is 0 Å². The highest BCUT2D eigenvalue weighted by Gasteiger charge is 2.40. The minimum Gasteiger partial charge on any atom is -0.367 e. The van der Waals surface area contributed by atoms with Crippen molar-refractivity contribution in [1.82, 2.24) is 10.2 Å². The number of rotatable bonds is 9. The first-order chi connectivity index (χ1) is 17.6. The molecule has 0 spiro atoms. The predicted molar refractivity (Wildman–Crippen MR) is 145 cm³/mol. The average molecular weight is 482 g/mol. The van der Waals surface area contributed by atoms with Gasteiger partial charge in [-0.05, 0) is 47.7 Å². The standard InChI is InChI=1S/C31H35N3O2/c1-3-5-19-33(18-4-2)31(36)29-26-15-10-9-14-24(26)25-16-11-17-27(28(25)29)34-20-23(21-34)32-30(35)22-12-7-6-8-13-22/h6-17,23,29H,3-5,18-21H2,1-2H3,(H,32,35). The number of hydrogen-bond donors (Lipinski definition) is 1. The van der Waals surface area contributed by atoms with Crippen molar-refractivity contribution in [3.05, 3.63) is 89.5 Å². The molecule has 1 aliphatic carbocycles. The summed E-state index contributed by atoms with van der Waals surface area (Å²) in [4.78, 5) is 31.0. The van der Waals surface area contributed by atoms with E-state index in [0.29, 0.717) is 5.56 Å². The van der Waals surface area contributed by atoms with Crippen LogP contribution in [-0.4, -0.2) is 48.9 Å². The van der Waals surface area contributed by atoms with Crippen LogP contribution in [-0.2, 0) is 4.79 Å². The van der Waals surface area contributed by atoms with Crippen LogP contribution >= 0.6 is 0 Å². The Labute approximate surface area is 214 Å². The zero-order valence-corrected chi connectivity index (χ0v) is 21.2. The molecule has 3 aromatic rings. The lowest BCUT2D eigenvalue weighted by atomic mass is 9.92. The van der Waals surface area contributed by atoms with E-state index in [1.165, 1.54) is 0 Å². The molecule has 5 nitrogen and oxygen atoms in total. The minimum atomic E-state index is -0.284. The molecule has 1 N–H and O–H groups in total. The molecule has 2 amide bonds. The van der Waals surface area contributed by atoms with Crippen molar-refractivity contribution >= 4 is 17.5 Å². The Morgan fingerprint density at radius 1 is 0.861 bits per heavy atom. The summed E-state index contributed by atoms with van der Waals surface area (Å²) < 4.78 is 0. The number of anilines is 1. The molecule has 0 radical (unpaired) electrons. The van der Waals surface area contributed by atoms with Gasteiger partial charge in [0.05, 0.1) is 12.0 Å². The van der Waals surface area contributed by atoms with Crippen molar-refractivity contribution in [3.63, 3.8) is 0 Å². The van der Waals surface area contributed by atoms with Crippen molar-refractivity contribution in [1.29, 1.82) is 0 Å². The Morgan fingerprint density at radius 2 is 1.58 bits per heavy atom. The van der Waals surface area contributed by atoms with Gasteiger partial charge in [0.2, 0.25) is 5.91 Å². The second-order valence-corrected chi connectivity index (χ2v) is 9.88. The maximum atomic E-state index is 14.1. The Balaban J connectivity index is 1.41. The van der Waals surface area contributed by atoms with Crippen LogP contribution in [0.5, 0.6) is 0 Å². The number of unbranched alkanes of at least 4 members (excludes halogenated alkanes) is 1. The number of nitrogens with zero attached hydrogens (tertiary/aromatic N) is 2. The number of carbonyl (C=O) groups excluding carboxylic acids is 2. The van der Waals surface area contributed by atoms with E-state index >= 15 is 0 Å². The Morgan fingerprint density at radius 3 is 2.33 bits per heavy atom. The predicted octanol–water partition coefficient (Wildman–Crippen LogP) is 5.46. The van der Waals surface area contributed by atoms with Gasteiger partial charge in [0.1, 0.15) is 0 Å². The molecule has 0 aromatic heterocycles. The number of benzene rings is 3. The molecule has 1 heterocycles. The Hall–Kier alpha value is -3.60. The summed E-state index contributed by atoms with van der Waals surface area (Å²) >= 11 is 0. The summed E-state index contributed by atoms with van der Waals surface area (Å²) in [7, 11) is 0. The summed E-state index contributed by atoms with van der Waals surface area (Å²) in [6, 6.07) is 24.2. The van der Waals surface area contributed by atoms with E-state index in [1.54, 1.807) is 0 Å². The molecule has 0 bridgehead atoms. The molecule has 1 atom stereocenters. The molecule has 2 aliphatic rings. The monoisotopic (exact) mass is 481 g/mol. The van der Waals surface area contributed by atoms with Crippen molar-refractivity contribution in [2.75, 3.05) is 31.1 Å². The SMILES string of the molecule is CCCCN(CCC)C(=O)C1c2ccccc2-c2cccc(N3CC(NC(=O)c4ccccc4)C3)c21. The number of nitrogens with one attached hydrogen (secondary N) is 1. The van der Waals surface area contributed by atoms with E-state index in [0.717, 1.165) is 73.4 Å². The Kier molecular flexibility index (Phi) is 7.08. The van der Waals surface area contributed by atoms with E-state index in [1.807, 2.05) is 36.4 Å². The maximum absolute atomic E-state index is 14.1. The highest BCUT2D eigenvalue weighted by atomic mass is 16.2. The van der Waals surface area contributed by atoms with Gasteiger partial charge in [0, 0.05) is 43.0 Å². The normalized spacial score (nSPS) is 16.2. The van der Waals surface area contributed by atoms with Crippen molar-refractivity contribution in [3.8, 4) is 11.1 Å². The fourth-order valence-electron chi connectivity index (χ4n) is 5.53.